The Morgan fingerprint density at radius 1 is 1.00 bits per heavy atom. The molecular formula is C23H27BrN4O. The molecule has 152 valence electrons. The maximum atomic E-state index is 13.3. The number of hydrogen-bond acceptors (Lipinski definition) is 3. The maximum Gasteiger partial charge on any atom is 0.269 e. The third kappa shape index (κ3) is 4.25. The highest BCUT2D eigenvalue weighted by molar-refractivity contribution is 9.10. The fraction of sp³-hybridized carbons (Fsp3) is 0.348. The average molecular weight is 455 g/mol. The predicted octanol–water partition coefficient (Wildman–Crippen LogP) is 3.66. The van der Waals surface area contributed by atoms with Gasteiger partial charge in [0.15, 0.2) is 0 Å². The Balaban J connectivity index is 1.60. The first-order valence-corrected chi connectivity index (χ1v) is 10.8. The minimum absolute atomic E-state index is 0.0569. The second-order valence-electron chi connectivity index (χ2n) is 7.78. The van der Waals surface area contributed by atoms with E-state index in [4.69, 9.17) is 0 Å². The molecule has 1 N–H and O–H groups in total. The van der Waals surface area contributed by atoms with E-state index in [1.807, 2.05) is 54.1 Å². The highest BCUT2D eigenvalue weighted by Crippen LogP contribution is 2.30. The van der Waals surface area contributed by atoms with Gasteiger partial charge in [0.1, 0.15) is 5.69 Å². The average Bonchev–Trinajstić information content (AvgIpc) is 3.00. The number of likely N-dealkylation sites (N-methyl/N-ethyl adjacent to an activating group) is 1. The number of nitrogens with zero attached hydrogens (tertiary/aromatic N) is 3. The third-order valence-corrected chi connectivity index (χ3v) is 6.61. The number of hydrogen-bond donors (Lipinski definition) is 1. The molecule has 1 aliphatic rings. The van der Waals surface area contributed by atoms with Crippen LogP contribution in [-0.2, 0) is 7.05 Å². The van der Waals surface area contributed by atoms with Gasteiger partial charge in [-0.1, -0.05) is 48.5 Å². The SMILES string of the molecule is CN1CCN(CC(NC(=O)c2c(Br)c3ccccc3n2C)c2ccccc2)CC1. The summed E-state index contributed by atoms with van der Waals surface area (Å²) < 4.78 is 2.81. The van der Waals surface area contributed by atoms with E-state index in [1.54, 1.807) is 0 Å². The van der Waals surface area contributed by atoms with Crippen LogP contribution < -0.4 is 5.32 Å². The molecular weight excluding hydrogens is 428 g/mol. The van der Waals surface area contributed by atoms with E-state index in [0.717, 1.165) is 53.7 Å². The predicted molar refractivity (Wildman–Crippen MR) is 121 cm³/mol. The van der Waals surface area contributed by atoms with Crippen molar-refractivity contribution in [1.82, 2.24) is 19.7 Å². The molecule has 0 spiro atoms. The number of halogens is 1. The lowest BCUT2D eigenvalue weighted by Crippen LogP contribution is -2.48. The minimum Gasteiger partial charge on any atom is -0.343 e. The fourth-order valence-corrected chi connectivity index (χ4v) is 4.82. The number of carbonyl (C=O) groups excluding carboxylic acids is 1. The molecule has 4 rings (SSSR count). The molecule has 0 radical (unpaired) electrons. The van der Waals surface area contributed by atoms with E-state index in [2.05, 4.69) is 50.2 Å². The molecule has 1 amide bonds. The van der Waals surface area contributed by atoms with Gasteiger partial charge < -0.3 is 14.8 Å². The van der Waals surface area contributed by atoms with Crippen molar-refractivity contribution in [3.8, 4) is 0 Å². The van der Waals surface area contributed by atoms with Crippen molar-refractivity contribution >= 4 is 32.7 Å². The molecule has 0 aliphatic carbocycles. The van der Waals surface area contributed by atoms with Gasteiger partial charge in [0.2, 0.25) is 0 Å². The van der Waals surface area contributed by atoms with Gasteiger partial charge in [-0.05, 0) is 34.6 Å². The van der Waals surface area contributed by atoms with Crippen molar-refractivity contribution < 1.29 is 4.79 Å². The van der Waals surface area contributed by atoms with Crippen LogP contribution in [0.25, 0.3) is 10.9 Å². The number of para-hydroxylation sites is 1. The molecule has 29 heavy (non-hydrogen) atoms. The van der Waals surface area contributed by atoms with Crippen LogP contribution in [0.5, 0.6) is 0 Å². The summed E-state index contributed by atoms with van der Waals surface area (Å²) in [7, 11) is 4.10. The zero-order chi connectivity index (χ0) is 20.4. The Hall–Kier alpha value is -2.15. The van der Waals surface area contributed by atoms with Gasteiger partial charge in [-0.3, -0.25) is 9.69 Å². The van der Waals surface area contributed by atoms with Crippen molar-refractivity contribution in [2.75, 3.05) is 39.8 Å². The summed E-state index contributed by atoms with van der Waals surface area (Å²) in [6, 6.07) is 18.3. The van der Waals surface area contributed by atoms with E-state index in [0.29, 0.717) is 5.69 Å². The molecule has 2 aromatic carbocycles. The van der Waals surface area contributed by atoms with Gasteiger partial charge in [0.25, 0.3) is 5.91 Å². The van der Waals surface area contributed by atoms with Gasteiger partial charge >= 0.3 is 0 Å². The Bertz CT molecular complexity index is 954. The Morgan fingerprint density at radius 3 is 2.34 bits per heavy atom. The van der Waals surface area contributed by atoms with Gasteiger partial charge in [-0.2, -0.15) is 0 Å². The van der Waals surface area contributed by atoms with Crippen molar-refractivity contribution in [1.29, 1.82) is 0 Å². The highest BCUT2D eigenvalue weighted by Gasteiger charge is 2.25. The van der Waals surface area contributed by atoms with Crippen LogP contribution in [0.3, 0.4) is 0 Å². The van der Waals surface area contributed by atoms with E-state index in [9.17, 15) is 4.79 Å². The number of benzene rings is 2. The number of amides is 1. The topological polar surface area (TPSA) is 40.5 Å². The number of nitrogens with one attached hydrogen (secondary N) is 1. The Kier molecular flexibility index (Phi) is 6.04. The standard InChI is InChI=1S/C23H27BrN4O/c1-26-12-14-28(15-13-26)16-19(17-8-4-3-5-9-17)25-23(29)22-21(24)18-10-6-7-11-20(18)27(22)2/h3-11,19H,12-16H2,1-2H3,(H,25,29). The monoisotopic (exact) mass is 454 g/mol. The van der Waals surface area contributed by atoms with E-state index < -0.39 is 0 Å². The normalized spacial score (nSPS) is 16.8. The molecule has 1 fully saturated rings. The molecule has 3 aromatic rings. The van der Waals surface area contributed by atoms with Crippen LogP contribution in [0.4, 0.5) is 0 Å². The molecule has 2 heterocycles. The second-order valence-corrected chi connectivity index (χ2v) is 8.57. The van der Waals surface area contributed by atoms with Crippen LogP contribution in [0, 0.1) is 0 Å². The minimum atomic E-state index is -0.0583. The zero-order valence-corrected chi connectivity index (χ0v) is 18.5. The van der Waals surface area contributed by atoms with E-state index in [1.165, 1.54) is 0 Å². The molecule has 1 aliphatic heterocycles. The summed E-state index contributed by atoms with van der Waals surface area (Å²) in [4.78, 5) is 18.1. The summed E-state index contributed by atoms with van der Waals surface area (Å²) in [5.41, 5.74) is 2.83. The summed E-state index contributed by atoms with van der Waals surface area (Å²) in [5, 5.41) is 4.36. The zero-order valence-electron chi connectivity index (χ0n) is 16.9. The quantitative estimate of drug-likeness (QED) is 0.639. The van der Waals surface area contributed by atoms with Crippen LogP contribution >= 0.6 is 15.9 Å². The Labute approximate surface area is 180 Å². The maximum absolute atomic E-state index is 13.3. The van der Waals surface area contributed by atoms with Gasteiger partial charge in [0, 0.05) is 50.7 Å². The lowest BCUT2D eigenvalue weighted by Gasteiger charge is -2.35. The lowest BCUT2D eigenvalue weighted by atomic mass is 10.1. The summed E-state index contributed by atoms with van der Waals surface area (Å²) in [5.74, 6) is -0.0569. The first kappa shape index (κ1) is 20.1. The number of carbonyl (C=O) groups is 1. The van der Waals surface area contributed by atoms with Crippen molar-refractivity contribution in [2.45, 2.75) is 6.04 Å². The molecule has 1 aromatic heterocycles. The first-order valence-electron chi connectivity index (χ1n) is 10.0. The molecule has 1 atom stereocenters. The molecule has 5 nitrogen and oxygen atoms in total. The number of aromatic nitrogens is 1. The second kappa shape index (κ2) is 8.69. The number of fused-ring (bicyclic) bond motifs is 1. The van der Waals surface area contributed by atoms with Crippen LogP contribution in [0.2, 0.25) is 0 Å². The number of piperazine rings is 1. The smallest absolute Gasteiger partial charge is 0.269 e. The molecule has 1 unspecified atom stereocenters. The van der Waals surface area contributed by atoms with Crippen molar-refractivity contribution in [3.05, 3.63) is 70.3 Å². The highest BCUT2D eigenvalue weighted by atomic mass is 79.9. The van der Waals surface area contributed by atoms with Gasteiger partial charge in [0.05, 0.1) is 10.5 Å². The van der Waals surface area contributed by atoms with E-state index >= 15 is 0 Å². The van der Waals surface area contributed by atoms with E-state index in [-0.39, 0.29) is 11.9 Å². The molecule has 6 heteroatoms. The van der Waals surface area contributed by atoms with Crippen LogP contribution in [0.1, 0.15) is 22.1 Å². The lowest BCUT2D eigenvalue weighted by molar-refractivity contribution is 0.0899. The fourth-order valence-electron chi connectivity index (χ4n) is 4.03. The van der Waals surface area contributed by atoms with Crippen LogP contribution in [0.15, 0.2) is 59.1 Å². The van der Waals surface area contributed by atoms with Crippen molar-refractivity contribution in [3.63, 3.8) is 0 Å². The van der Waals surface area contributed by atoms with Crippen molar-refractivity contribution in [2.24, 2.45) is 7.05 Å². The summed E-state index contributed by atoms with van der Waals surface area (Å²) in [6.45, 7) is 4.97. The molecule has 0 bridgehead atoms. The third-order valence-electron chi connectivity index (χ3n) is 5.80. The van der Waals surface area contributed by atoms with Gasteiger partial charge in [-0.25, -0.2) is 0 Å². The van der Waals surface area contributed by atoms with Crippen LogP contribution in [-0.4, -0.2) is 60.0 Å². The molecule has 1 saturated heterocycles. The number of aryl methyl sites for hydroxylation is 1. The largest absolute Gasteiger partial charge is 0.343 e. The Morgan fingerprint density at radius 2 is 1.66 bits per heavy atom. The number of rotatable bonds is 5. The van der Waals surface area contributed by atoms with Gasteiger partial charge in [-0.15, -0.1) is 0 Å². The summed E-state index contributed by atoms with van der Waals surface area (Å²) >= 11 is 3.66. The first-order chi connectivity index (χ1) is 14.0. The molecule has 0 saturated carbocycles. The summed E-state index contributed by atoms with van der Waals surface area (Å²) in [6.07, 6.45) is 0.